The highest BCUT2D eigenvalue weighted by Gasteiger charge is 2.07. The third-order valence-corrected chi connectivity index (χ3v) is 5.46. The maximum atomic E-state index is 10.5. The Bertz CT molecular complexity index is 866. The van der Waals surface area contributed by atoms with Gasteiger partial charge in [0.2, 0.25) is 0 Å². The van der Waals surface area contributed by atoms with E-state index >= 15 is 0 Å². The summed E-state index contributed by atoms with van der Waals surface area (Å²) >= 11 is 0. The number of aryl methyl sites for hydroxylation is 2. The predicted octanol–water partition coefficient (Wildman–Crippen LogP) is 2.73. The molecule has 0 heterocycles. The zero-order chi connectivity index (χ0) is 22.8. The van der Waals surface area contributed by atoms with E-state index in [1.54, 1.807) is 24.3 Å². The molecule has 0 saturated heterocycles. The molecule has 0 aliphatic rings. The van der Waals surface area contributed by atoms with Gasteiger partial charge in [0.15, 0.2) is 0 Å². The van der Waals surface area contributed by atoms with Crippen LogP contribution in [0.25, 0.3) is 0 Å². The number of nitrogens with zero attached hydrogens (tertiary/aromatic N) is 1. The van der Waals surface area contributed by atoms with Crippen molar-refractivity contribution in [2.45, 2.75) is 43.1 Å². The maximum absolute atomic E-state index is 10.5. The van der Waals surface area contributed by atoms with E-state index < -0.39 is 20.2 Å². The van der Waals surface area contributed by atoms with Gasteiger partial charge in [-0.05, 0) is 58.6 Å². The van der Waals surface area contributed by atoms with E-state index in [1.807, 2.05) is 32.8 Å². The van der Waals surface area contributed by atoms with E-state index in [0.29, 0.717) is 0 Å². The summed E-state index contributed by atoms with van der Waals surface area (Å²) in [6.07, 6.45) is 1.26. The van der Waals surface area contributed by atoms with E-state index in [4.69, 9.17) is 14.8 Å². The van der Waals surface area contributed by atoms with Gasteiger partial charge in [-0.15, -0.1) is 0 Å². The molecule has 0 saturated carbocycles. The Kier molecular flexibility index (Phi) is 11.3. The van der Waals surface area contributed by atoms with Gasteiger partial charge in [-0.25, -0.2) is 0 Å². The van der Waals surface area contributed by atoms with E-state index in [2.05, 4.69) is 6.92 Å². The van der Waals surface area contributed by atoms with Gasteiger partial charge in [0.05, 0.1) is 16.0 Å². The monoisotopic (exact) mass is 446 g/mol. The lowest BCUT2D eigenvalue weighted by atomic mass is 10.2. The molecule has 4 N–H and O–H groups in total. The Hall–Kier alpha value is -1.82. The summed E-state index contributed by atoms with van der Waals surface area (Å²) in [5.41, 5.74) is 7.45. The molecule has 164 valence electrons. The number of rotatable bonds is 4. The average Bonchev–Trinajstić information content (AvgIpc) is 2.61. The molecule has 10 heteroatoms. The first kappa shape index (κ1) is 27.2. The zero-order valence-electron chi connectivity index (χ0n) is 17.3. The molecule has 8 nitrogen and oxygen atoms in total. The molecule has 2 rings (SSSR count). The fourth-order valence-electron chi connectivity index (χ4n) is 1.79. The molecular weight excluding hydrogens is 416 g/mol. The normalized spacial score (nSPS) is 12.3. The molecule has 0 fully saturated rings. The number of benzene rings is 2. The van der Waals surface area contributed by atoms with E-state index in [1.165, 1.54) is 24.3 Å². The second-order valence-corrected chi connectivity index (χ2v) is 9.36. The van der Waals surface area contributed by atoms with E-state index in [9.17, 15) is 16.8 Å². The second-order valence-electron chi connectivity index (χ2n) is 6.52. The minimum absolute atomic E-state index is 0.0666. The molecule has 0 radical (unpaired) electrons. The van der Waals surface area contributed by atoms with Crippen molar-refractivity contribution in [2.75, 3.05) is 14.1 Å². The summed E-state index contributed by atoms with van der Waals surface area (Å²) in [5, 5.41) is 0. The van der Waals surface area contributed by atoms with Crippen LogP contribution in [0.3, 0.4) is 0 Å². The highest BCUT2D eigenvalue weighted by Crippen LogP contribution is 2.09. The zero-order valence-corrected chi connectivity index (χ0v) is 18.9. The highest BCUT2D eigenvalue weighted by atomic mass is 32.2. The van der Waals surface area contributed by atoms with Crippen LogP contribution in [0.15, 0.2) is 58.3 Å². The van der Waals surface area contributed by atoms with Gasteiger partial charge in [-0.1, -0.05) is 42.3 Å². The molecule has 1 unspecified atom stereocenters. The Morgan fingerprint density at radius 3 is 1.21 bits per heavy atom. The quantitative estimate of drug-likeness (QED) is 0.481. The van der Waals surface area contributed by atoms with Crippen molar-refractivity contribution >= 4 is 20.2 Å². The van der Waals surface area contributed by atoms with Gasteiger partial charge in [-0.2, -0.15) is 16.8 Å². The molecule has 0 aliphatic heterocycles. The summed E-state index contributed by atoms with van der Waals surface area (Å²) in [6.45, 7) is 5.76. The van der Waals surface area contributed by atoms with Gasteiger partial charge in [0.1, 0.15) is 0 Å². The number of hydrogen-bond donors (Lipinski definition) is 3. The van der Waals surface area contributed by atoms with Crippen LogP contribution in [0, 0.1) is 13.8 Å². The maximum Gasteiger partial charge on any atom is 0.294 e. The standard InChI is InChI=1S/2C7H8O3S.C5H14N2/c2*1-6-2-4-7(5-3-6)11(8,9)10;1-4-5(6)7(2)3/h2*2-5H,1H3,(H,8,9,10);5H,4,6H2,1-3H3. The van der Waals surface area contributed by atoms with Crippen molar-refractivity contribution in [3.8, 4) is 0 Å². The lowest BCUT2D eigenvalue weighted by molar-refractivity contribution is 0.293. The van der Waals surface area contributed by atoms with Crippen LogP contribution in [-0.2, 0) is 20.2 Å². The van der Waals surface area contributed by atoms with Crippen LogP contribution in [0.1, 0.15) is 24.5 Å². The molecule has 0 aromatic heterocycles. The van der Waals surface area contributed by atoms with Gasteiger partial charge in [-0.3, -0.25) is 14.0 Å². The SMILES string of the molecule is CCC(N)N(C)C.Cc1ccc(S(=O)(=O)O)cc1.Cc1ccc(S(=O)(=O)O)cc1. The lowest BCUT2D eigenvalue weighted by Crippen LogP contribution is -2.35. The summed E-state index contributed by atoms with van der Waals surface area (Å²) in [4.78, 5) is 1.87. The third kappa shape index (κ3) is 11.7. The molecule has 2 aromatic carbocycles. The van der Waals surface area contributed by atoms with Crippen LogP contribution in [-0.4, -0.2) is 51.1 Å². The molecule has 29 heavy (non-hydrogen) atoms. The molecule has 0 aliphatic carbocycles. The van der Waals surface area contributed by atoms with Crippen LogP contribution in [0.2, 0.25) is 0 Å². The third-order valence-electron chi connectivity index (χ3n) is 3.72. The van der Waals surface area contributed by atoms with Gasteiger partial charge in [0.25, 0.3) is 20.2 Å². The average molecular weight is 447 g/mol. The topological polar surface area (TPSA) is 138 Å². The fraction of sp³-hybridized carbons (Fsp3) is 0.368. The Balaban J connectivity index is 0.000000419. The number of hydrogen-bond acceptors (Lipinski definition) is 6. The molecule has 0 bridgehead atoms. The van der Waals surface area contributed by atoms with Crippen LogP contribution >= 0.6 is 0 Å². The summed E-state index contributed by atoms with van der Waals surface area (Å²) in [6, 6.07) is 12.0. The smallest absolute Gasteiger partial charge is 0.294 e. The Labute approximate surface area is 173 Å². The minimum atomic E-state index is -4.02. The van der Waals surface area contributed by atoms with Crippen molar-refractivity contribution in [3.05, 3.63) is 59.7 Å². The van der Waals surface area contributed by atoms with Crippen LogP contribution in [0.5, 0.6) is 0 Å². The summed E-state index contributed by atoms with van der Waals surface area (Å²) in [7, 11) is -4.08. The first-order valence-corrected chi connectivity index (χ1v) is 11.6. The minimum Gasteiger partial charge on any atom is -0.316 e. The van der Waals surface area contributed by atoms with E-state index in [-0.39, 0.29) is 16.0 Å². The van der Waals surface area contributed by atoms with Crippen molar-refractivity contribution in [2.24, 2.45) is 5.73 Å². The summed E-state index contributed by atoms with van der Waals surface area (Å²) in [5.74, 6) is 0. The largest absolute Gasteiger partial charge is 0.316 e. The van der Waals surface area contributed by atoms with Crippen LogP contribution < -0.4 is 5.73 Å². The summed E-state index contributed by atoms with van der Waals surface area (Å²) < 4.78 is 59.1. The van der Waals surface area contributed by atoms with Crippen molar-refractivity contribution in [1.29, 1.82) is 0 Å². The van der Waals surface area contributed by atoms with Crippen molar-refractivity contribution in [1.82, 2.24) is 4.90 Å². The fourth-order valence-corrected chi connectivity index (χ4v) is 2.75. The predicted molar refractivity (Wildman–Crippen MR) is 114 cm³/mol. The van der Waals surface area contributed by atoms with Gasteiger partial charge < -0.3 is 5.73 Å². The Morgan fingerprint density at radius 2 is 1.07 bits per heavy atom. The Morgan fingerprint density at radius 1 is 0.793 bits per heavy atom. The lowest BCUT2D eigenvalue weighted by Gasteiger charge is -2.16. The molecule has 2 aromatic rings. The highest BCUT2D eigenvalue weighted by molar-refractivity contribution is 7.86. The first-order chi connectivity index (χ1) is 13.2. The first-order valence-electron chi connectivity index (χ1n) is 8.68. The van der Waals surface area contributed by atoms with Gasteiger partial charge in [0, 0.05) is 0 Å². The van der Waals surface area contributed by atoms with Gasteiger partial charge >= 0.3 is 0 Å². The molecular formula is C19H30N2O6S2. The number of nitrogens with two attached hydrogens (primary N) is 1. The van der Waals surface area contributed by atoms with Crippen molar-refractivity contribution < 1.29 is 25.9 Å². The molecule has 1 atom stereocenters. The second kappa shape index (κ2) is 12.0. The van der Waals surface area contributed by atoms with Crippen molar-refractivity contribution in [3.63, 3.8) is 0 Å². The molecule has 0 amide bonds. The molecule has 0 spiro atoms. The van der Waals surface area contributed by atoms with Crippen LogP contribution in [0.4, 0.5) is 0 Å². The van der Waals surface area contributed by atoms with E-state index in [0.717, 1.165) is 17.5 Å².